The maximum absolute atomic E-state index is 13.0. The van der Waals surface area contributed by atoms with Crippen molar-refractivity contribution < 1.29 is 9.90 Å². The smallest absolute Gasteiger partial charge is 0.255 e. The van der Waals surface area contributed by atoms with Crippen LogP contribution in [0.4, 0.5) is 0 Å². The molecule has 2 fully saturated rings. The van der Waals surface area contributed by atoms with E-state index in [0.717, 1.165) is 31.9 Å². The van der Waals surface area contributed by atoms with Crippen LogP contribution in [-0.4, -0.2) is 67.9 Å². The molecule has 1 aromatic rings. The van der Waals surface area contributed by atoms with Gasteiger partial charge in [0.15, 0.2) is 5.60 Å². The van der Waals surface area contributed by atoms with Crippen LogP contribution in [0.25, 0.3) is 0 Å². The van der Waals surface area contributed by atoms with Crippen molar-refractivity contribution in [3.05, 3.63) is 12.2 Å². The molecule has 0 bridgehead atoms. The van der Waals surface area contributed by atoms with Crippen molar-refractivity contribution >= 4 is 5.91 Å². The lowest BCUT2D eigenvalue weighted by atomic mass is 9.86. The van der Waals surface area contributed by atoms with Crippen LogP contribution in [0, 0.1) is 5.92 Å². The first-order valence-corrected chi connectivity index (χ1v) is 10.1. The van der Waals surface area contributed by atoms with Crippen LogP contribution in [0.2, 0.25) is 0 Å². The minimum absolute atomic E-state index is 0.0851. The second kappa shape index (κ2) is 8.48. The maximum atomic E-state index is 13.0. The van der Waals surface area contributed by atoms with Gasteiger partial charge in [0.25, 0.3) is 5.91 Å². The maximum Gasteiger partial charge on any atom is 0.255 e. The van der Waals surface area contributed by atoms with E-state index in [1.54, 1.807) is 6.33 Å². The molecule has 1 aliphatic heterocycles. The number of aliphatic hydroxyl groups is 1. The SMILES string of the molecule is CCn1cnnc1CN(C)CC1(O)CCCN(CC2CCCCC2)C1=O. The van der Waals surface area contributed by atoms with E-state index in [4.69, 9.17) is 0 Å². The second-order valence-electron chi connectivity index (χ2n) is 8.10. The number of amides is 1. The Labute approximate surface area is 156 Å². The minimum Gasteiger partial charge on any atom is -0.379 e. The predicted octanol–water partition coefficient (Wildman–Crippen LogP) is 1.66. The fourth-order valence-electron chi connectivity index (χ4n) is 4.48. The van der Waals surface area contributed by atoms with E-state index in [1.165, 1.54) is 32.1 Å². The fraction of sp³-hybridized carbons (Fsp3) is 0.842. The van der Waals surface area contributed by atoms with E-state index in [0.29, 0.717) is 25.4 Å². The highest BCUT2D eigenvalue weighted by Crippen LogP contribution is 2.29. The average Bonchev–Trinajstić information content (AvgIpc) is 3.07. The van der Waals surface area contributed by atoms with Crippen LogP contribution in [0.15, 0.2) is 6.33 Å². The average molecular weight is 364 g/mol. The summed E-state index contributed by atoms with van der Waals surface area (Å²) in [6.45, 7) is 5.37. The van der Waals surface area contributed by atoms with Crippen molar-refractivity contribution in [2.75, 3.05) is 26.7 Å². The Kier molecular flexibility index (Phi) is 6.29. The molecule has 2 aliphatic rings. The molecule has 1 amide bonds. The Hall–Kier alpha value is -1.47. The summed E-state index contributed by atoms with van der Waals surface area (Å²) in [5, 5.41) is 19.2. The topological polar surface area (TPSA) is 74.5 Å². The highest BCUT2D eigenvalue weighted by atomic mass is 16.3. The number of hydrogen-bond acceptors (Lipinski definition) is 5. The van der Waals surface area contributed by atoms with E-state index in [9.17, 15) is 9.90 Å². The molecule has 1 N–H and O–H groups in total. The van der Waals surface area contributed by atoms with Crippen molar-refractivity contribution in [2.24, 2.45) is 5.92 Å². The monoisotopic (exact) mass is 363 g/mol. The molecule has 0 radical (unpaired) electrons. The van der Waals surface area contributed by atoms with Gasteiger partial charge in [-0.15, -0.1) is 10.2 Å². The molecular formula is C19H33N5O2. The molecule has 1 saturated heterocycles. The summed E-state index contributed by atoms with van der Waals surface area (Å²) in [5.41, 5.74) is -1.28. The first-order chi connectivity index (χ1) is 12.5. The van der Waals surface area contributed by atoms with E-state index in [2.05, 4.69) is 10.2 Å². The van der Waals surface area contributed by atoms with Crippen molar-refractivity contribution in [1.82, 2.24) is 24.6 Å². The van der Waals surface area contributed by atoms with Gasteiger partial charge in [-0.3, -0.25) is 9.69 Å². The van der Waals surface area contributed by atoms with Gasteiger partial charge >= 0.3 is 0 Å². The van der Waals surface area contributed by atoms with Crippen LogP contribution in [0.5, 0.6) is 0 Å². The normalized spacial score (nSPS) is 25.2. The molecule has 1 aromatic heterocycles. The van der Waals surface area contributed by atoms with Crippen LogP contribution in [0.3, 0.4) is 0 Å². The predicted molar refractivity (Wildman–Crippen MR) is 99.4 cm³/mol. The number of carbonyl (C=O) groups is 1. The van der Waals surface area contributed by atoms with Gasteiger partial charge in [0.2, 0.25) is 0 Å². The summed E-state index contributed by atoms with van der Waals surface area (Å²) in [6, 6.07) is 0. The standard InChI is InChI=1S/C19H33N5O2/c1-3-23-15-20-21-17(23)13-22(2)14-19(26)10-7-11-24(18(19)25)12-16-8-5-4-6-9-16/h15-16,26H,3-14H2,1-2H3. The molecule has 1 aliphatic carbocycles. The Balaban J connectivity index is 1.59. The summed E-state index contributed by atoms with van der Waals surface area (Å²) in [6.07, 6.45) is 9.43. The van der Waals surface area contributed by atoms with E-state index < -0.39 is 5.60 Å². The summed E-state index contributed by atoms with van der Waals surface area (Å²) < 4.78 is 1.98. The third-order valence-corrected chi connectivity index (χ3v) is 5.89. The Bertz CT molecular complexity index is 599. The minimum atomic E-state index is -1.28. The number of aromatic nitrogens is 3. The molecule has 0 aromatic carbocycles. The molecule has 7 nitrogen and oxygen atoms in total. The van der Waals surface area contributed by atoms with Gasteiger partial charge in [-0.2, -0.15) is 0 Å². The third kappa shape index (κ3) is 4.43. The number of likely N-dealkylation sites (N-methyl/N-ethyl adjacent to an activating group) is 1. The fourth-order valence-corrected chi connectivity index (χ4v) is 4.48. The Morgan fingerprint density at radius 1 is 1.31 bits per heavy atom. The number of likely N-dealkylation sites (tertiary alicyclic amines) is 1. The molecule has 7 heteroatoms. The van der Waals surface area contributed by atoms with E-state index in [1.807, 2.05) is 28.3 Å². The summed E-state index contributed by atoms with van der Waals surface area (Å²) in [5.74, 6) is 1.38. The van der Waals surface area contributed by atoms with Gasteiger partial charge in [-0.25, -0.2) is 0 Å². The second-order valence-corrected chi connectivity index (χ2v) is 8.10. The molecule has 0 spiro atoms. The number of carbonyl (C=O) groups excluding carboxylic acids is 1. The zero-order chi connectivity index (χ0) is 18.6. The van der Waals surface area contributed by atoms with Crippen LogP contribution >= 0.6 is 0 Å². The zero-order valence-corrected chi connectivity index (χ0v) is 16.2. The highest BCUT2D eigenvalue weighted by molar-refractivity contribution is 5.86. The number of piperidine rings is 1. The summed E-state index contributed by atoms with van der Waals surface area (Å²) in [4.78, 5) is 16.9. The number of hydrogen-bond donors (Lipinski definition) is 1. The lowest BCUT2D eigenvalue weighted by molar-refractivity contribution is -0.160. The van der Waals surface area contributed by atoms with Crippen LogP contribution in [-0.2, 0) is 17.9 Å². The van der Waals surface area contributed by atoms with Crippen molar-refractivity contribution in [2.45, 2.75) is 70.6 Å². The third-order valence-electron chi connectivity index (χ3n) is 5.89. The van der Waals surface area contributed by atoms with Crippen LogP contribution < -0.4 is 0 Å². The molecule has 1 atom stereocenters. The zero-order valence-electron chi connectivity index (χ0n) is 16.2. The first-order valence-electron chi connectivity index (χ1n) is 10.1. The molecule has 1 saturated carbocycles. The van der Waals surface area contributed by atoms with Gasteiger partial charge in [0.05, 0.1) is 6.54 Å². The lowest BCUT2D eigenvalue weighted by Crippen LogP contribution is -2.58. The van der Waals surface area contributed by atoms with E-state index >= 15 is 0 Å². The number of nitrogens with zero attached hydrogens (tertiary/aromatic N) is 5. The Morgan fingerprint density at radius 2 is 2.08 bits per heavy atom. The van der Waals surface area contributed by atoms with Gasteiger partial charge in [-0.1, -0.05) is 19.3 Å². The molecule has 146 valence electrons. The number of rotatable bonds is 7. The molecule has 3 rings (SSSR count). The molecule has 26 heavy (non-hydrogen) atoms. The van der Waals surface area contributed by atoms with Gasteiger partial charge in [0, 0.05) is 26.2 Å². The highest BCUT2D eigenvalue weighted by Gasteiger charge is 2.43. The van der Waals surface area contributed by atoms with Crippen molar-refractivity contribution in [3.8, 4) is 0 Å². The largest absolute Gasteiger partial charge is 0.379 e. The Morgan fingerprint density at radius 3 is 2.81 bits per heavy atom. The van der Waals surface area contributed by atoms with Gasteiger partial charge in [0.1, 0.15) is 12.2 Å². The quantitative estimate of drug-likeness (QED) is 0.797. The van der Waals surface area contributed by atoms with Crippen molar-refractivity contribution in [1.29, 1.82) is 0 Å². The summed E-state index contributed by atoms with van der Waals surface area (Å²) >= 11 is 0. The summed E-state index contributed by atoms with van der Waals surface area (Å²) in [7, 11) is 1.93. The van der Waals surface area contributed by atoms with Crippen LogP contribution in [0.1, 0.15) is 57.7 Å². The van der Waals surface area contributed by atoms with Crippen molar-refractivity contribution in [3.63, 3.8) is 0 Å². The van der Waals surface area contributed by atoms with Gasteiger partial charge < -0.3 is 14.6 Å². The molecule has 1 unspecified atom stereocenters. The first kappa shape index (κ1) is 19.3. The van der Waals surface area contributed by atoms with E-state index in [-0.39, 0.29) is 5.91 Å². The number of aryl methyl sites for hydroxylation is 1. The molecule has 2 heterocycles. The lowest BCUT2D eigenvalue weighted by Gasteiger charge is -2.41. The molecular weight excluding hydrogens is 330 g/mol. The van der Waals surface area contributed by atoms with Gasteiger partial charge in [-0.05, 0) is 45.6 Å².